The number of anilines is 1. The molecule has 4 nitrogen and oxygen atoms in total. The van der Waals surface area contributed by atoms with Crippen LogP contribution in [0.25, 0.3) is 0 Å². The number of urea groups is 1. The summed E-state index contributed by atoms with van der Waals surface area (Å²) in [6.07, 6.45) is 0. The minimum Gasteiger partial charge on any atom is -0.306 e. The highest BCUT2D eigenvalue weighted by Gasteiger charge is 2.17. The number of carbonyl (C=O) groups excluding carboxylic acids is 1. The minimum absolute atomic E-state index is 0.0966. The van der Waals surface area contributed by atoms with Crippen LogP contribution in [0.3, 0.4) is 0 Å². The summed E-state index contributed by atoms with van der Waals surface area (Å²) >= 11 is 5.94. The van der Waals surface area contributed by atoms with Gasteiger partial charge >= 0.3 is 6.03 Å². The van der Waals surface area contributed by atoms with Gasteiger partial charge in [0, 0.05) is 16.3 Å². The van der Waals surface area contributed by atoms with Crippen molar-refractivity contribution >= 4 is 23.3 Å². The highest BCUT2D eigenvalue weighted by Crippen LogP contribution is 2.21. The van der Waals surface area contributed by atoms with Gasteiger partial charge in [0.2, 0.25) is 0 Å². The Bertz CT molecular complexity index is 602. The quantitative estimate of drug-likeness (QED) is 0.865. The topological polar surface area (TPSA) is 41.6 Å². The van der Waals surface area contributed by atoms with Crippen molar-refractivity contribution in [2.75, 3.05) is 12.4 Å². The molecule has 0 bridgehead atoms. The Labute approximate surface area is 127 Å². The highest BCUT2D eigenvalue weighted by atomic mass is 35.5. The number of para-hydroxylation sites is 1. The predicted molar refractivity (Wildman–Crippen MR) is 79.4 cm³/mol. The maximum atomic E-state index is 13.7. The summed E-state index contributed by atoms with van der Waals surface area (Å²) in [4.78, 5) is 17.1. The number of rotatable bonds is 4. The predicted octanol–water partition coefficient (Wildman–Crippen LogP) is 4.07. The summed E-state index contributed by atoms with van der Waals surface area (Å²) in [7, 11) is 1.33. The first-order chi connectivity index (χ1) is 10.1. The Morgan fingerprint density at radius 3 is 2.57 bits per heavy atom. The summed E-state index contributed by atoms with van der Waals surface area (Å²) in [6, 6.07) is 12.7. The SMILES string of the molecule is CON(Cc1c(F)cccc1Cl)C(=O)Nc1ccccc1. The Morgan fingerprint density at radius 2 is 1.95 bits per heavy atom. The molecule has 2 amide bonds. The van der Waals surface area contributed by atoms with Crippen molar-refractivity contribution in [1.82, 2.24) is 5.06 Å². The lowest BCUT2D eigenvalue weighted by molar-refractivity contribution is -0.0891. The van der Waals surface area contributed by atoms with E-state index in [0.29, 0.717) is 5.69 Å². The number of hydroxylamine groups is 2. The van der Waals surface area contributed by atoms with Crippen LogP contribution in [0.1, 0.15) is 5.56 Å². The second kappa shape index (κ2) is 7.06. The van der Waals surface area contributed by atoms with Crippen LogP contribution >= 0.6 is 11.6 Å². The van der Waals surface area contributed by atoms with Gasteiger partial charge in [0.1, 0.15) is 5.82 Å². The zero-order chi connectivity index (χ0) is 15.2. The number of carbonyl (C=O) groups is 1. The third-order valence-electron chi connectivity index (χ3n) is 2.84. The Kier molecular flexibility index (Phi) is 5.14. The molecule has 0 unspecified atom stereocenters. The molecule has 0 saturated heterocycles. The highest BCUT2D eigenvalue weighted by molar-refractivity contribution is 6.31. The fourth-order valence-electron chi connectivity index (χ4n) is 1.75. The molecule has 0 atom stereocenters. The van der Waals surface area contributed by atoms with Crippen molar-refractivity contribution < 1.29 is 14.0 Å². The maximum absolute atomic E-state index is 13.7. The number of hydrogen-bond acceptors (Lipinski definition) is 2. The molecule has 0 saturated carbocycles. The van der Waals surface area contributed by atoms with Crippen molar-refractivity contribution in [2.45, 2.75) is 6.54 Å². The second-order valence-corrected chi connectivity index (χ2v) is 4.62. The van der Waals surface area contributed by atoms with Gasteiger partial charge in [-0.05, 0) is 24.3 Å². The minimum atomic E-state index is -0.511. The smallest absolute Gasteiger partial charge is 0.306 e. The standard InChI is InChI=1S/C15H14ClFN2O2/c1-21-19(10-12-13(16)8-5-9-14(12)17)15(20)18-11-6-3-2-4-7-11/h2-9H,10H2,1H3,(H,18,20). The van der Waals surface area contributed by atoms with Crippen LogP contribution in [0.5, 0.6) is 0 Å². The van der Waals surface area contributed by atoms with Gasteiger partial charge in [0.25, 0.3) is 0 Å². The van der Waals surface area contributed by atoms with Crippen molar-refractivity contribution in [1.29, 1.82) is 0 Å². The van der Waals surface area contributed by atoms with E-state index in [1.165, 1.54) is 19.2 Å². The molecule has 2 aromatic rings. The number of nitrogens with zero attached hydrogens (tertiary/aromatic N) is 1. The summed E-state index contributed by atoms with van der Waals surface area (Å²) in [6.45, 7) is -0.0966. The molecule has 0 aliphatic carbocycles. The molecule has 0 aliphatic rings. The van der Waals surface area contributed by atoms with Crippen LogP contribution in [-0.4, -0.2) is 18.2 Å². The maximum Gasteiger partial charge on any atom is 0.346 e. The molecule has 2 rings (SSSR count). The van der Waals surface area contributed by atoms with Crippen LogP contribution in [0.15, 0.2) is 48.5 Å². The van der Waals surface area contributed by atoms with Gasteiger partial charge in [-0.3, -0.25) is 4.84 Å². The zero-order valence-corrected chi connectivity index (χ0v) is 12.1. The van der Waals surface area contributed by atoms with Gasteiger partial charge in [-0.2, -0.15) is 5.06 Å². The van der Waals surface area contributed by atoms with Crippen molar-refractivity contribution in [2.24, 2.45) is 0 Å². The van der Waals surface area contributed by atoms with Crippen molar-refractivity contribution in [3.63, 3.8) is 0 Å². The van der Waals surface area contributed by atoms with Gasteiger partial charge < -0.3 is 5.32 Å². The van der Waals surface area contributed by atoms with Crippen LogP contribution < -0.4 is 5.32 Å². The largest absolute Gasteiger partial charge is 0.346 e. The summed E-state index contributed by atoms with van der Waals surface area (Å²) in [5, 5.41) is 3.89. The second-order valence-electron chi connectivity index (χ2n) is 4.22. The fourth-order valence-corrected chi connectivity index (χ4v) is 1.98. The first-order valence-corrected chi connectivity index (χ1v) is 6.60. The van der Waals surface area contributed by atoms with Crippen molar-refractivity contribution in [3.05, 3.63) is 64.9 Å². The van der Waals surface area contributed by atoms with Gasteiger partial charge in [-0.25, -0.2) is 9.18 Å². The van der Waals surface area contributed by atoms with Crippen LogP contribution in [0.2, 0.25) is 5.02 Å². The average molecular weight is 309 g/mol. The number of halogens is 2. The third kappa shape index (κ3) is 3.93. The van der Waals surface area contributed by atoms with E-state index in [2.05, 4.69) is 5.32 Å². The molecule has 0 heterocycles. The Balaban J connectivity index is 2.11. The van der Waals surface area contributed by atoms with Crippen LogP contribution in [0.4, 0.5) is 14.9 Å². The van der Waals surface area contributed by atoms with Gasteiger partial charge in [0.05, 0.1) is 13.7 Å². The number of nitrogens with one attached hydrogen (secondary N) is 1. The van der Waals surface area contributed by atoms with E-state index in [4.69, 9.17) is 16.4 Å². The van der Waals surface area contributed by atoms with E-state index in [1.54, 1.807) is 30.3 Å². The van der Waals surface area contributed by atoms with E-state index >= 15 is 0 Å². The molecular weight excluding hydrogens is 295 g/mol. The average Bonchev–Trinajstić information content (AvgIpc) is 2.48. The molecule has 110 valence electrons. The zero-order valence-electron chi connectivity index (χ0n) is 11.3. The molecule has 0 aromatic heterocycles. The summed E-state index contributed by atoms with van der Waals surface area (Å²) in [5.74, 6) is -0.489. The number of hydrogen-bond donors (Lipinski definition) is 1. The van der Waals surface area contributed by atoms with Crippen LogP contribution in [-0.2, 0) is 11.4 Å². The van der Waals surface area contributed by atoms with Gasteiger partial charge in [-0.1, -0.05) is 35.9 Å². The molecule has 6 heteroatoms. The first-order valence-electron chi connectivity index (χ1n) is 6.22. The number of benzene rings is 2. The lowest BCUT2D eigenvalue weighted by Gasteiger charge is -2.21. The lowest BCUT2D eigenvalue weighted by Crippen LogP contribution is -2.33. The van der Waals surface area contributed by atoms with E-state index in [0.717, 1.165) is 5.06 Å². The van der Waals surface area contributed by atoms with Crippen molar-refractivity contribution in [3.8, 4) is 0 Å². The molecule has 0 aliphatic heterocycles. The molecule has 0 fully saturated rings. The third-order valence-corrected chi connectivity index (χ3v) is 3.19. The summed E-state index contributed by atoms with van der Waals surface area (Å²) in [5.41, 5.74) is 0.813. The molecular formula is C15H14ClFN2O2. The first kappa shape index (κ1) is 15.3. The Hall–Kier alpha value is -2.11. The van der Waals surface area contributed by atoms with Gasteiger partial charge in [-0.15, -0.1) is 0 Å². The fraction of sp³-hybridized carbons (Fsp3) is 0.133. The van der Waals surface area contributed by atoms with Crippen LogP contribution in [0, 0.1) is 5.82 Å². The summed E-state index contributed by atoms with van der Waals surface area (Å²) < 4.78 is 13.7. The van der Waals surface area contributed by atoms with E-state index in [1.807, 2.05) is 6.07 Å². The van der Waals surface area contributed by atoms with E-state index < -0.39 is 11.8 Å². The molecule has 21 heavy (non-hydrogen) atoms. The monoisotopic (exact) mass is 308 g/mol. The molecule has 0 spiro atoms. The molecule has 1 N–H and O–H groups in total. The van der Waals surface area contributed by atoms with E-state index in [-0.39, 0.29) is 17.1 Å². The lowest BCUT2D eigenvalue weighted by atomic mass is 10.2. The number of amides is 2. The normalized spacial score (nSPS) is 10.2. The van der Waals surface area contributed by atoms with E-state index in [9.17, 15) is 9.18 Å². The van der Waals surface area contributed by atoms with Gasteiger partial charge in [0.15, 0.2) is 0 Å². The Morgan fingerprint density at radius 1 is 1.24 bits per heavy atom. The molecule has 2 aromatic carbocycles. The molecule has 0 radical (unpaired) electrons.